The summed E-state index contributed by atoms with van der Waals surface area (Å²) in [6.45, 7) is 3.03. The van der Waals surface area contributed by atoms with Gasteiger partial charge in [0.25, 0.3) is 6.43 Å². The van der Waals surface area contributed by atoms with Gasteiger partial charge in [0.2, 0.25) is 0 Å². The summed E-state index contributed by atoms with van der Waals surface area (Å²) in [4.78, 5) is 14.6. The van der Waals surface area contributed by atoms with Gasteiger partial charge < -0.3 is 4.90 Å². The Labute approximate surface area is 114 Å². The highest BCUT2D eigenvalue weighted by molar-refractivity contribution is 5.32. The van der Waals surface area contributed by atoms with E-state index in [1.54, 1.807) is 0 Å². The predicted molar refractivity (Wildman–Crippen MR) is 67.7 cm³/mol. The fourth-order valence-electron chi connectivity index (χ4n) is 2.17. The number of nitrogens with zero attached hydrogens (tertiary/aromatic N) is 5. The molecule has 1 aromatic rings. The average Bonchev–Trinajstić information content (AvgIpc) is 2.74. The molecule has 1 aliphatic rings. The molecule has 0 atom stereocenters. The lowest BCUT2D eigenvalue weighted by Gasteiger charge is -2.31. The van der Waals surface area contributed by atoms with Crippen molar-refractivity contribution in [1.82, 2.24) is 19.6 Å². The van der Waals surface area contributed by atoms with E-state index in [-0.39, 0.29) is 11.4 Å². The third-order valence-corrected chi connectivity index (χ3v) is 3.31. The highest BCUT2D eigenvalue weighted by Crippen LogP contribution is 2.19. The molecule has 0 bridgehead atoms. The highest BCUT2D eigenvalue weighted by atomic mass is 19.3. The zero-order valence-corrected chi connectivity index (χ0v) is 11.2. The van der Waals surface area contributed by atoms with E-state index in [1.165, 1.54) is 0 Å². The molecular weight excluding hydrogens is 272 g/mol. The van der Waals surface area contributed by atoms with E-state index in [1.807, 2.05) is 11.9 Å². The van der Waals surface area contributed by atoms with Crippen LogP contribution in [0.4, 0.5) is 14.5 Å². The lowest BCUT2D eigenvalue weighted by atomic mass is 10.3. The maximum atomic E-state index is 12.3. The Kier molecular flexibility index (Phi) is 4.61. The lowest BCUT2D eigenvalue weighted by molar-refractivity contribution is -0.385. The second kappa shape index (κ2) is 6.23. The molecule has 112 valence electrons. The number of hydrogen-bond donors (Lipinski definition) is 0. The second-order valence-electron chi connectivity index (χ2n) is 4.91. The van der Waals surface area contributed by atoms with Crippen LogP contribution >= 0.6 is 0 Å². The summed E-state index contributed by atoms with van der Waals surface area (Å²) < 4.78 is 25.6. The van der Waals surface area contributed by atoms with Crippen LogP contribution in [-0.2, 0) is 13.1 Å². The van der Waals surface area contributed by atoms with Crippen LogP contribution in [0.2, 0.25) is 0 Å². The van der Waals surface area contributed by atoms with E-state index >= 15 is 0 Å². The smallest absolute Gasteiger partial charge is 0.304 e. The molecule has 20 heavy (non-hydrogen) atoms. The third kappa shape index (κ3) is 3.70. The summed E-state index contributed by atoms with van der Waals surface area (Å²) >= 11 is 0. The van der Waals surface area contributed by atoms with Gasteiger partial charge in [-0.15, -0.1) is 0 Å². The van der Waals surface area contributed by atoms with Crippen LogP contribution in [0.3, 0.4) is 0 Å². The van der Waals surface area contributed by atoms with Gasteiger partial charge in [-0.05, 0) is 7.05 Å². The van der Waals surface area contributed by atoms with Gasteiger partial charge in [-0.25, -0.2) is 8.78 Å². The largest absolute Gasteiger partial charge is 0.311 e. The van der Waals surface area contributed by atoms with Crippen LogP contribution in [0.25, 0.3) is 0 Å². The Hall–Kier alpha value is -1.61. The molecule has 0 unspecified atom stereocenters. The molecule has 0 N–H and O–H groups in total. The number of halogens is 2. The first kappa shape index (κ1) is 14.8. The molecule has 1 saturated heterocycles. The first-order valence-electron chi connectivity index (χ1n) is 6.35. The molecule has 0 amide bonds. The monoisotopic (exact) mass is 289 g/mol. The molecule has 2 rings (SSSR count). The van der Waals surface area contributed by atoms with Crippen LogP contribution in [0.15, 0.2) is 6.20 Å². The number of piperazine rings is 1. The molecule has 0 radical (unpaired) electrons. The first-order chi connectivity index (χ1) is 9.45. The molecule has 1 aromatic heterocycles. The van der Waals surface area contributed by atoms with Crippen molar-refractivity contribution in [2.45, 2.75) is 19.5 Å². The van der Waals surface area contributed by atoms with E-state index in [2.05, 4.69) is 10.00 Å². The van der Waals surface area contributed by atoms with Gasteiger partial charge in [-0.1, -0.05) is 0 Å². The predicted octanol–water partition coefficient (Wildman–Crippen LogP) is 0.804. The minimum atomic E-state index is -2.58. The topological polar surface area (TPSA) is 67.4 Å². The molecule has 0 spiro atoms. The van der Waals surface area contributed by atoms with Gasteiger partial charge in [0.15, 0.2) is 5.69 Å². The number of alkyl halides is 2. The van der Waals surface area contributed by atoms with Gasteiger partial charge in [0.1, 0.15) is 12.7 Å². The van der Waals surface area contributed by atoms with E-state index in [9.17, 15) is 18.9 Å². The standard InChI is InChI=1S/C11H17F2N5O2/c1-15-2-4-16(5-3-15)6-9-10(18(19)20)7-17(14-9)8-11(12)13/h7,11H,2-6,8H2,1H3. The number of nitro groups is 1. The van der Waals surface area contributed by atoms with E-state index in [4.69, 9.17) is 0 Å². The SMILES string of the molecule is CN1CCN(Cc2nn(CC(F)F)cc2[N+](=O)[O-])CC1. The van der Waals surface area contributed by atoms with Gasteiger partial charge in [-0.3, -0.25) is 19.7 Å². The molecule has 7 nitrogen and oxygen atoms in total. The van der Waals surface area contributed by atoms with Crippen LogP contribution in [-0.4, -0.2) is 64.2 Å². The Morgan fingerprint density at radius 1 is 1.40 bits per heavy atom. The van der Waals surface area contributed by atoms with Crippen molar-refractivity contribution in [2.75, 3.05) is 33.2 Å². The molecule has 1 fully saturated rings. The van der Waals surface area contributed by atoms with Gasteiger partial charge in [0.05, 0.1) is 4.92 Å². The quantitative estimate of drug-likeness (QED) is 0.592. The maximum absolute atomic E-state index is 12.3. The maximum Gasteiger partial charge on any atom is 0.311 e. The Balaban J connectivity index is 2.09. The molecule has 0 aliphatic carbocycles. The van der Waals surface area contributed by atoms with Gasteiger partial charge in [-0.2, -0.15) is 5.10 Å². The Morgan fingerprint density at radius 2 is 2.05 bits per heavy atom. The van der Waals surface area contributed by atoms with E-state index in [0.717, 1.165) is 37.1 Å². The normalized spacial score (nSPS) is 17.8. The van der Waals surface area contributed by atoms with Crippen molar-refractivity contribution >= 4 is 5.69 Å². The molecule has 0 saturated carbocycles. The summed E-state index contributed by atoms with van der Waals surface area (Å²) in [6, 6.07) is 0. The molecule has 9 heteroatoms. The van der Waals surface area contributed by atoms with Crippen LogP contribution in [0.1, 0.15) is 5.69 Å². The van der Waals surface area contributed by atoms with Crippen molar-refractivity contribution in [3.63, 3.8) is 0 Å². The summed E-state index contributed by atoms with van der Waals surface area (Å²) in [7, 11) is 2.01. The van der Waals surface area contributed by atoms with Crippen molar-refractivity contribution in [3.8, 4) is 0 Å². The third-order valence-electron chi connectivity index (χ3n) is 3.31. The van der Waals surface area contributed by atoms with Crippen LogP contribution < -0.4 is 0 Å². The number of hydrogen-bond acceptors (Lipinski definition) is 5. The zero-order chi connectivity index (χ0) is 14.7. The van der Waals surface area contributed by atoms with Crippen molar-refractivity contribution in [3.05, 3.63) is 22.0 Å². The zero-order valence-electron chi connectivity index (χ0n) is 11.2. The number of aromatic nitrogens is 2. The minimum Gasteiger partial charge on any atom is -0.304 e. The fourth-order valence-corrected chi connectivity index (χ4v) is 2.17. The molecule has 2 heterocycles. The van der Waals surface area contributed by atoms with E-state index < -0.39 is 17.9 Å². The minimum absolute atomic E-state index is 0.190. The lowest BCUT2D eigenvalue weighted by Crippen LogP contribution is -2.44. The summed E-state index contributed by atoms with van der Waals surface area (Å²) in [5.74, 6) is 0. The molecule has 0 aromatic carbocycles. The summed E-state index contributed by atoms with van der Waals surface area (Å²) in [5, 5.41) is 14.9. The fraction of sp³-hybridized carbons (Fsp3) is 0.727. The number of rotatable bonds is 5. The van der Waals surface area contributed by atoms with Crippen LogP contribution in [0.5, 0.6) is 0 Å². The first-order valence-corrected chi connectivity index (χ1v) is 6.35. The van der Waals surface area contributed by atoms with Crippen molar-refractivity contribution in [1.29, 1.82) is 0 Å². The highest BCUT2D eigenvalue weighted by Gasteiger charge is 2.24. The van der Waals surface area contributed by atoms with Crippen molar-refractivity contribution in [2.24, 2.45) is 0 Å². The number of likely N-dealkylation sites (N-methyl/N-ethyl adjacent to an activating group) is 1. The average molecular weight is 289 g/mol. The second-order valence-corrected chi connectivity index (χ2v) is 4.91. The summed E-state index contributed by atoms with van der Waals surface area (Å²) in [5.41, 5.74) is 0.0600. The van der Waals surface area contributed by atoms with E-state index in [0.29, 0.717) is 6.54 Å². The van der Waals surface area contributed by atoms with Crippen LogP contribution in [0, 0.1) is 10.1 Å². The van der Waals surface area contributed by atoms with Gasteiger partial charge >= 0.3 is 5.69 Å². The molecule has 1 aliphatic heterocycles. The molecular formula is C11H17F2N5O2. The van der Waals surface area contributed by atoms with Gasteiger partial charge in [0, 0.05) is 32.7 Å². The Bertz CT molecular complexity index is 471. The van der Waals surface area contributed by atoms with Crippen molar-refractivity contribution < 1.29 is 13.7 Å². The Morgan fingerprint density at radius 3 is 2.60 bits per heavy atom. The summed E-state index contributed by atoms with van der Waals surface area (Å²) in [6.07, 6.45) is -1.50.